The summed E-state index contributed by atoms with van der Waals surface area (Å²) in [6.07, 6.45) is 2.72. The summed E-state index contributed by atoms with van der Waals surface area (Å²) in [5, 5.41) is 0. The van der Waals surface area contributed by atoms with E-state index in [4.69, 9.17) is 4.74 Å². The van der Waals surface area contributed by atoms with Crippen LogP contribution in [0.25, 0.3) is 0 Å². The Bertz CT molecular complexity index is 566. The second-order valence-electron chi connectivity index (χ2n) is 6.99. The van der Waals surface area contributed by atoms with Crippen molar-refractivity contribution in [2.45, 2.75) is 53.6 Å². The van der Waals surface area contributed by atoms with Crippen LogP contribution in [0.5, 0.6) is 0 Å². The van der Waals surface area contributed by atoms with Crippen LogP contribution in [0.3, 0.4) is 0 Å². The molecule has 0 aromatic heterocycles. The monoisotopic (exact) mass is 333 g/mol. The average molecular weight is 333 g/mol. The van der Waals surface area contributed by atoms with Crippen LogP contribution in [-0.2, 0) is 4.74 Å². The van der Waals surface area contributed by atoms with E-state index in [-0.39, 0.29) is 12.0 Å². The van der Waals surface area contributed by atoms with Crippen molar-refractivity contribution in [3.63, 3.8) is 0 Å². The van der Waals surface area contributed by atoms with Crippen molar-refractivity contribution in [3.05, 3.63) is 34.4 Å². The third-order valence-electron chi connectivity index (χ3n) is 4.32. The molecule has 134 valence electrons. The second-order valence-corrected chi connectivity index (χ2v) is 6.99. The van der Waals surface area contributed by atoms with E-state index in [2.05, 4.69) is 13.8 Å². The van der Waals surface area contributed by atoms with Crippen LogP contribution in [0, 0.1) is 19.8 Å². The first kappa shape index (κ1) is 20.4. The van der Waals surface area contributed by atoms with E-state index in [9.17, 15) is 9.59 Å². The van der Waals surface area contributed by atoms with Crippen LogP contribution in [0.15, 0.2) is 12.1 Å². The van der Waals surface area contributed by atoms with E-state index >= 15 is 0 Å². The van der Waals surface area contributed by atoms with E-state index in [0.29, 0.717) is 23.6 Å². The largest absolute Gasteiger partial charge is 0.378 e. The number of rotatable bonds is 9. The van der Waals surface area contributed by atoms with Gasteiger partial charge in [-0.1, -0.05) is 26.0 Å². The van der Waals surface area contributed by atoms with Gasteiger partial charge in [-0.05, 0) is 50.7 Å². The molecule has 0 saturated heterocycles. The summed E-state index contributed by atoms with van der Waals surface area (Å²) in [6.45, 7) is 11.5. The lowest BCUT2D eigenvalue weighted by Gasteiger charge is -2.22. The molecule has 1 aromatic carbocycles. The zero-order valence-corrected chi connectivity index (χ0v) is 15.9. The molecule has 1 rings (SSSR count). The number of benzene rings is 1. The standard InChI is InChI=1S/C20H31NO3/c1-14(2)10-12-24-17(5)9-11-21(6)20(23)19-16(4)8-7-15(3)18(19)13-22/h7-8,13-14,17H,9-12H2,1-6H3. The molecule has 0 heterocycles. The Labute approximate surface area is 146 Å². The first-order chi connectivity index (χ1) is 11.3. The fraction of sp³-hybridized carbons (Fsp3) is 0.600. The van der Waals surface area contributed by atoms with Crippen molar-refractivity contribution in [3.8, 4) is 0 Å². The minimum absolute atomic E-state index is 0.104. The van der Waals surface area contributed by atoms with E-state index in [1.165, 1.54) is 0 Å². The first-order valence-corrected chi connectivity index (χ1v) is 8.70. The molecule has 0 fully saturated rings. The van der Waals surface area contributed by atoms with Gasteiger partial charge in [0.1, 0.15) is 0 Å². The van der Waals surface area contributed by atoms with Gasteiger partial charge in [-0.15, -0.1) is 0 Å². The molecular formula is C20H31NO3. The fourth-order valence-electron chi connectivity index (χ4n) is 2.52. The molecule has 0 bridgehead atoms. The molecule has 0 aliphatic carbocycles. The van der Waals surface area contributed by atoms with Crippen LogP contribution < -0.4 is 0 Å². The van der Waals surface area contributed by atoms with Crippen molar-refractivity contribution >= 4 is 12.2 Å². The van der Waals surface area contributed by atoms with Gasteiger partial charge in [0.05, 0.1) is 11.7 Å². The summed E-state index contributed by atoms with van der Waals surface area (Å²) in [6, 6.07) is 3.77. The van der Waals surface area contributed by atoms with Crippen molar-refractivity contribution in [1.29, 1.82) is 0 Å². The molecule has 24 heavy (non-hydrogen) atoms. The molecule has 0 spiro atoms. The zero-order valence-electron chi connectivity index (χ0n) is 15.9. The normalized spacial score (nSPS) is 12.3. The molecular weight excluding hydrogens is 302 g/mol. The van der Waals surface area contributed by atoms with Gasteiger partial charge in [-0.2, -0.15) is 0 Å². The SMILES string of the molecule is Cc1ccc(C)c(C(=O)N(C)CCC(C)OCCC(C)C)c1C=O. The molecule has 0 N–H and O–H groups in total. The summed E-state index contributed by atoms with van der Waals surface area (Å²) >= 11 is 0. The Morgan fingerprint density at radius 2 is 1.79 bits per heavy atom. The molecule has 0 radical (unpaired) electrons. The van der Waals surface area contributed by atoms with E-state index in [1.54, 1.807) is 11.9 Å². The summed E-state index contributed by atoms with van der Waals surface area (Å²) in [5.74, 6) is 0.528. The molecule has 0 aliphatic rings. The van der Waals surface area contributed by atoms with Crippen molar-refractivity contribution in [2.24, 2.45) is 5.92 Å². The Kier molecular flexibility index (Phi) is 8.13. The highest BCUT2D eigenvalue weighted by Crippen LogP contribution is 2.19. The highest BCUT2D eigenvalue weighted by molar-refractivity contribution is 6.03. The van der Waals surface area contributed by atoms with E-state index in [1.807, 2.05) is 32.9 Å². The minimum atomic E-state index is -0.104. The van der Waals surface area contributed by atoms with Crippen LogP contribution >= 0.6 is 0 Å². The number of aryl methyl sites for hydroxylation is 2. The molecule has 1 amide bonds. The molecule has 0 aliphatic heterocycles. The Hall–Kier alpha value is -1.68. The van der Waals surface area contributed by atoms with Crippen molar-refractivity contribution in [2.75, 3.05) is 20.2 Å². The molecule has 1 unspecified atom stereocenters. The van der Waals surface area contributed by atoms with Crippen LogP contribution in [0.1, 0.15) is 65.5 Å². The third kappa shape index (κ3) is 5.75. The maximum Gasteiger partial charge on any atom is 0.254 e. The predicted molar refractivity (Wildman–Crippen MR) is 97.8 cm³/mol. The molecule has 1 aromatic rings. The lowest BCUT2D eigenvalue weighted by Crippen LogP contribution is -2.31. The van der Waals surface area contributed by atoms with Gasteiger partial charge in [0.2, 0.25) is 0 Å². The maximum absolute atomic E-state index is 12.7. The fourth-order valence-corrected chi connectivity index (χ4v) is 2.52. The average Bonchev–Trinajstić information content (AvgIpc) is 2.53. The zero-order chi connectivity index (χ0) is 18.3. The topological polar surface area (TPSA) is 46.6 Å². The van der Waals surface area contributed by atoms with Crippen LogP contribution in [0.2, 0.25) is 0 Å². The van der Waals surface area contributed by atoms with Crippen LogP contribution in [0.4, 0.5) is 0 Å². The summed E-state index contributed by atoms with van der Waals surface area (Å²) in [4.78, 5) is 25.8. The number of hydrogen-bond acceptors (Lipinski definition) is 3. The Morgan fingerprint density at radius 1 is 1.17 bits per heavy atom. The van der Waals surface area contributed by atoms with Gasteiger partial charge < -0.3 is 9.64 Å². The predicted octanol–water partition coefficient (Wildman–Crippen LogP) is 4.03. The minimum Gasteiger partial charge on any atom is -0.378 e. The molecule has 4 heteroatoms. The second kappa shape index (κ2) is 9.58. The third-order valence-corrected chi connectivity index (χ3v) is 4.32. The highest BCUT2D eigenvalue weighted by atomic mass is 16.5. The summed E-state index contributed by atoms with van der Waals surface area (Å²) in [7, 11) is 1.78. The van der Waals surface area contributed by atoms with E-state index < -0.39 is 0 Å². The number of ether oxygens (including phenoxy) is 1. The van der Waals surface area contributed by atoms with Crippen molar-refractivity contribution in [1.82, 2.24) is 4.90 Å². The Morgan fingerprint density at radius 3 is 2.38 bits per heavy atom. The lowest BCUT2D eigenvalue weighted by atomic mass is 9.97. The first-order valence-electron chi connectivity index (χ1n) is 8.70. The molecule has 1 atom stereocenters. The summed E-state index contributed by atoms with van der Waals surface area (Å²) in [5.41, 5.74) is 2.67. The maximum atomic E-state index is 12.7. The lowest BCUT2D eigenvalue weighted by molar-refractivity contribution is 0.0453. The van der Waals surface area contributed by atoms with Gasteiger partial charge in [-0.25, -0.2) is 0 Å². The number of aldehydes is 1. The number of carbonyl (C=O) groups excluding carboxylic acids is 2. The molecule has 0 saturated carbocycles. The number of carbonyl (C=O) groups is 2. The highest BCUT2D eigenvalue weighted by Gasteiger charge is 2.20. The number of hydrogen-bond donors (Lipinski definition) is 0. The van der Waals surface area contributed by atoms with Gasteiger partial charge in [0.25, 0.3) is 5.91 Å². The van der Waals surface area contributed by atoms with Gasteiger partial charge in [0, 0.05) is 25.8 Å². The van der Waals surface area contributed by atoms with Gasteiger partial charge in [-0.3, -0.25) is 9.59 Å². The van der Waals surface area contributed by atoms with Gasteiger partial charge in [0.15, 0.2) is 6.29 Å². The number of nitrogens with zero attached hydrogens (tertiary/aromatic N) is 1. The van der Waals surface area contributed by atoms with Crippen molar-refractivity contribution < 1.29 is 14.3 Å². The van der Waals surface area contributed by atoms with Gasteiger partial charge >= 0.3 is 0 Å². The van der Waals surface area contributed by atoms with Crippen LogP contribution in [-0.4, -0.2) is 43.4 Å². The Balaban J connectivity index is 2.66. The quantitative estimate of drug-likeness (QED) is 0.641. The number of amides is 1. The summed E-state index contributed by atoms with van der Waals surface area (Å²) < 4.78 is 5.78. The smallest absolute Gasteiger partial charge is 0.254 e. The van der Waals surface area contributed by atoms with E-state index in [0.717, 1.165) is 36.9 Å². The molecule has 4 nitrogen and oxygen atoms in total.